The van der Waals surface area contributed by atoms with Crippen LogP contribution in [-0.2, 0) is 4.74 Å². The van der Waals surface area contributed by atoms with Gasteiger partial charge in [0.15, 0.2) is 0 Å². The van der Waals surface area contributed by atoms with Crippen LogP contribution in [0.15, 0.2) is 54.7 Å². The predicted octanol–water partition coefficient (Wildman–Crippen LogP) is 4.65. The number of fused-ring (bicyclic) bond motifs is 1. The number of carbonyl (C=O) groups is 1. The molecule has 7 heteroatoms. The number of piperidine rings is 1. The number of carbonyl (C=O) groups excluding carboxylic acids is 1. The number of nitrogens with one attached hydrogen (secondary N) is 1. The minimum Gasteiger partial charge on any atom is -0.371 e. The fraction of sp³-hybridized carbons (Fsp3) is 0.360. The van der Waals surface area contributed by atoms with E-state index < -0.39 is 0 Å². The number of aryl methyl sites for hydroxylation is 1. The summed E-state index contributed by atoms with van der Waals surface area (Å²) < 4.78 is 6.13. The summed E-state index contributed by atoms with van der Waals surface area (Å²) in [6.45, 7) is 5.85. The first kappa shape index (κ1) is 24.5. The van der Waals surface area contributed by atoms with Crippen molar-refractivity contribution in [3.8, 4) is 11.1 Å². The lowest BCUT2D eigenvalue weighted by molar-refractivity contribution is -0.114. The molecule has 1 N–H and O–H groups in total. The molecule has 170 valence electrons. The Labute approximate surface area is 201 Å². The van der Waals surface area contributed by atoms with E-state index in [1.54, 1.807) is 0 Å². The molecule has 0 unspecified atom stereocenters. The van der Waals surface area contributed by atoms with Crippen LogP contribution in [0.25, 0.3) is 21.9 Å². The molecule has 32 heavy (non-hydrogen) atoms. The van der Waals surface area contributed by atoms with Gasteiger partial charge in [-0.3, -0.25) is 9.78 Å². The van der Waals surface area contributed by atoms with E-state index in [0.29, 0.717) is 19.7 Å². The molecule has 1 amide bonds. The van der Waals surface area contributed by atoms with Crippen LogP contribution in [0, 0.1) is 6.92 Å². The van der Waals surface area contributed by atoms with Crippen molar-refractivity contribution in [1.29, 1.82) is 0 Å². The molecule has 1 aromatic heterocycles. The molecule has 0 bridgehead atoms. The number of hydrogen-bond donors (Lipinski definition) is 1. The number of rotatable bonds is 2. The smallest absolute Gasteiger partial charge is 0.254 e. The second-order valence-electron chi connectivity index (χ2n) is 8.44. The Morgan fingerprint density at radius 2 is 1.91 bits per heavy atom. The highest BCUT2D eigenvalue weighted by molar-refractivity contribution is 6.02. The van der Waals surface area contributed by atoms with Crippen molar-refractivity contribution in [2.24, 2.45) is 0 Å². The molecule has 3 aromatic rings. The third-order valence-electron chi connectivity index (χ3n) is 6.40. The maximum Gasteiger partial charge on any atom is 0.254 e. The maximum absolute atomic E-state index is 13.3. The van der Waals surface area contributed by atoms with E-state index in [1.807, 2.05) is 42.3 Å². The van der Waals surface area contributed by atoms with Gasteiger partial charge < -0.3 is 15.0 Å². The van der Waals surface area contributed by atoms with Gasteiger partial charge in [0.1, 0.15) is 0 Å². The zero-order chi connectivity index (χ0) is 20.6. The first-order chi connectivity index (χ1) is 14.6. The second kappa shape index (κ2) is 10.2. The second-order valence-corrected chi connectivity index (χ2v) is 8.44. The number of ether oxygens (including phenoxy) is 1. The van der Waals surface area contributed by atoms with Crippen LogP contribution in [-0.4, -0.2) is 54.2 Å². The zero-order valence-electron chi connectivity index (χ0n) is 18.2. The molecular weight excluding hydrogens is 445 g/mol. The molecule has 0 aliphatic carbocycles. The minimum atomic E-state index is -0.179. The summed E-state index contributed by atoms with van der Waals surface area (Å²) in [5, 5.41) is 5.59. The number of halogens is 2. The Kier molecular flexibility index (Phi) is 7.78. The Morgan fingerprint density at radius 3 is 2.66 bits per heavy atom. The Morgan fingerprint density at radius 1 is 1.09 bits per heavy atom. The molecule has 2 saturated heterocycles. The van der Waals surface area contributed by atoms with E-state index in [9.17, 15) is 4.79 Å². The SMILES string of the molecule is Cc1ccc(-c2cccc3cc(C(=O)N4CCOC5(CCNCC5)C4)ccc23)cn1.Cl.Cl. The summed E-state index contributed by atoms with van der Waals surface area (Å²) in [4.78, 5) is 19.7. The molecule has 2 aromatic carbocycles. The van der Waals surface area contributed by atoms with Crippen LogP contribution in [0.1, 0.15) is 28.9 Å². The molecule has 2 aliphatic heterocycles. The quantitative estimate of drug-likeness (QED) is 0.588. The third kappa shape index (κ3) is 4.76. The minimum absolute atomic E-state index is 0. The maximum atomic E-state index is 13.3. The van der Waals surface area contributed by atoms with Crippen molar-refractivity contribution >= 4 is 41.5 Å². The van der Waals surface area contributed by atoms with Crippen LogP contribution < -0.4 is 5.32 Å². The standard InChI is InChI=1S/C25H27N3O2.2ClH/c1-18-5-6-21(16-27-18)22-4-2-3-19-15-20(7-8-23(19)22)24(29)28-13-14-30-25(17-28)9-11-26-12-10-25;;/h2-8,15-16,26H,9-14,17H2,1H3;2*1H. The van der Waals surface area contributed by atoms with Gasteiger partial charge >= 0.3 is 0 Å². The van der Waals surface area contributed by atoms with Crippen LogP contribution in [0.4, 0.5) is 0 Å². The van der Waals surface area contributed by atoms with E-state index in [1.165, 1.54) is 0 Å². The van der Waals surface area contributed by atoms with Gasteiger partial charge in [-0.1, -0.05) is 30.3 Å². The van der Waals surface area contributed by atoms with Crippen LogP contribution in [0.5, 0.6) is 0 Å². The first-order valence-electron chi connectivity index (χ1n) is 10.7. The van der Waals surface area contributed by atoms with E-state index in [4.69, 9.17) is 4.74 Å². The van der Waals surface area contributed by atoms with Crippen LogP contribution in [0.2, 0.25) is 0 Å². The molecule has 3 heterocycles. The summed E-state index contributed by atoms with van der Waals surface area (Å²) in [5.41, 5.74) is 3.80. The highest BCUT2D eigenvalue weighted by Gasteiger charge is 2.39. The number of amides is 1. The van der Waals surface area contributed by atoms with E-state index in [0.717, 1.165) is 59.1 Å². The van der Waals surface area contributed by atoms with Crippen LogP contribution >= 0.6 is 24.8 Å². The lowest BCUT2D eigenvalue weighted by Crippen LogP contribution is -2.57. The van der Waals surface area contributed by atoms with Gasteiger partial charge in [0, 0.05) is 29.6 Å². The normalized spacial score (nSPS) is 17.5. The number of morpholine rings is 1. The Bertz CT molecular complexity index is 1080. The summed E-state index contributed by atoms with van der Waals surface area (Å²) in [6, 6.07) is 16.4. The number of nitrogens with zero attached hydrogens (tertiary/aromatic N) is 2. The van der Waals surface area contributed by atoms with E-state index >= 15 is 0 Å². The highest BCUT2D eigenvalue weighted by Crippen LogP contribution is 2.31. The van der Waals surface area contributed by atoms with Crippen molar-refractivity contribution in [3.63, 3.8) is 0 Å². The lowest BCUT2D eigenvalue weighted by atomic mass is 9.90. The Hall–Kier alpha value is -2.18. The molecule has 1 spiro atoms. The molecular formula is C25H29Cl2N3O2. The molecule has 5 rings (SSSR count). The molecule has 2 fully saturated rings. The fourth-order valence-corrected chi connectivity index (χ4v) is 4.68. The van der Waals surface area contributed by atoms with Crippen molar-refractivity contribution < 1.29 is 9.53 Å². The van der Waals surface area contributed by atoms with Gasteiger partial charge in [0.25, 0.3) is 5.91 Å². The van der Waals surface area contributed by atoms with Crippen molar-refractivity contribution in [1.82, 2.24) is 15.2 Å². The third-order valence-corrected chi connectivity index (χ3v) is 6.40. The average molecular weight is 474 g/mol. The molecule has 0 atom stereocenters. The van der Waals surface area contributed by atoms with Gasteiger partial charge in [0.2, 0.25) is 0 Å². The summed E-state index contributed by atoms with van der Waals surface area (Å²) in [7, 11) is 0. The topological polar surface area (TPSA) is 54.5 Å². The number of hydrogen-bond acceptors (Lipinski definition) is 4. The number of aromatic nitrogens is 1. The van der Waals surface area contributed by atoms with Gasteiger partial charge in [-0.15, -0.1) is 24.8 Å². The van der Waals surface area contributed by atoms with E-state index in [2.05, 4.69) is 34.6 Å². The number of benzene rings is 2. The molecule has 0 radical (unpaired) electrons. The van der Waals surface area contributed by atoms with Gasteiger partial charge in [0.05, 0.1) is 18.8 Å². The number of pyridine rings is 1. The molecule has 5 nitrogen and oxygen atoms in total. The van der Waals surface area contributed by atoms with Crippen molar-refractivity contribution in [2.75, 3.05) is 32.8 Å². The van der Waals surface area contributed by atoms with Gasteiger partial charge in [-0.25, -0.2) is 0 Å². The average Bonchev–Trinajstić information content (AvgIpc) is 2.79. The summed E-state index contributed by atoms with van der Waals surface area (Å²) >= 11 is 0. The van der Waals surface area contributed by atoms with E-state index in [-0.39, 0.29) is 36.3 Å². The lowest BCUT2D eigenvalue weighted by Gasteiger charge is -2.45. The Balaban J connectivity index is 0.00000144. The highest BCUT2D eigenvalue weighted by atomic mass is 35.5. The largest absolute Gasteiger partial charge is 0.371 e. The van der Waals surface area contributed by atoms with Crippen LogP contribution in [0.3, 0.4) is 0 Å². The molecule has 2 aliphatic rings. The van der Waals surface area contributed by atoms with Gasteiger partial charge in [-0.2, -0.15) is 0 Å². The molecule has 0 saturated carbocycles. The van der Waals surface area contributed by atoms with Gasteiger partial charge in [-0.05, 0) is 67.4 Å². The monoisotopic (exact) mass is 473 g/mol. The first-order valence-corrected chi connectivity index (χ1v) is 10.7. The summed E-state index contributed by atoms with van der Waals surface area (Å²) in [5.74, 6) is 0.0977. The predicted molar refractivity (Wildman–Crippen MR) is 133 cm³/mol. The fourth-order valence-electron chi connectivity index (χ4n) is 4.68. The van der Waals surface area contributed by atoms with Crippen molar-refractivity contribution in [3.05, 3.63) is 66.0 Å². The zero-order valence-corrected chi connectivity index (χ0v) is 19.8. The summed E-state index contributed by atoms with van der Waals surface area (Å²) in [6.07, 6.45) is 3.83. The van der Waals surface area contributed by atoms with Crippen molar-refractivity contribution in [2.45, 2.75) is 25.4 Å².